The Balaban J connectivity index is 1.35. The molecule has 0 unspecified atom stereocenters. The largest absolute Gasteiger partial charge is 0.459 e. The monoisotopic (exact) mass is 413 g/mol. The zero-order valence-electron chi connectivity index (χ0n) is 15.6. The Morgan fingerprint density at radius 1 is 1.21 bits per heavy atom. The zero-order valence-corrected chi connectivity index (χ0v) is 16.4. The number of nitro benzene ring substituents is 1. The minimum Gasteiger partial charge on any atom is -0.459 e. The first-order chi connectivity index (χ1) is 14.1. The lowest BCUT2D eigenvalue weighted by Gasteiger charge is -2.32. The summed E-state index contributed by atoms with van der Waals surface area (Å²) in [4.78, 5) is 21.6. The summed E-state index contributed by atoms with van der Waals surface area (Å²) in [7, 11) is 0. The number of nitrogens with one attached hydrogen (secondary N) is 1. The number of halogens is 1. The van der Waals surface area contributed by atoms with Crippen LogP contribution in [0.2, 0.25) is 5.02 Å². The topological polar surface area (TPSA) is 97.3 Å². The molecule has 0 aliphatic carbocycles. The van der Waals surface area contributed by atoms with E-state index < -0.39 is 4.92 Å². The quantitative estimate of drug-likeness (QED) is 0.480. The fourth-order valence-electron chi connectivity index (χ4n) is 3.46. The minimum atomic E-state index is -0.452. The van der Waals surface area contributed by atoms with Crippen molar-refractivity contribution in [1.29, 1.82) is 0 Å². The fraction of sp³-hybridized carbons (Fsp3) is 0.300. The number of furan rings is 1. The van der Waals surface area contributed by atoms with Crippen LogP contribution in [0.25, 0.3) is 11.3 Å². The van der Waals surface area contributed by atoms with Gasteiger partial charge in [-0.25, -0.2) is 9.97 Å². The Bertz CT molecular complexity index is 987. The predicted octanol–water partition coefficient (Wildman–Crippen LogP) is 4.06. The first kappa shape index (κ1) is 19.4. The smallest absolute Gasteiger partial charge is 0.281 e. The van der Waals surface area contributed by atoms with Crippen LogP contribution in [0.4, 0.5) is 11.6 Å². The van der Waals surface area contributed by atoms with E-state index in [4.69, 9.17) is 16.0 Å². The molecule has 1 aliphatic rings. The second-order valence-corrected chi connectivity index (χ2v) is 7.31. The van der Waals surface area contributed by atoms with Gasteiger partial charge < -0.3 is 14.6 Å². The number of anilines is 1. The molecule has 0 spiro atoms. The van der Waals surface area contributed by atoms with E-state index in [9.17, 15) is 10.1 Å². The van der Waals surface area contributed by atoms with E-state index in [1.807, 2.05) is 12.1 Å². The number of piperidine rings is 1. The third kappa shape index (κ3) is 4.55. The van der Waals surface area contributed by atoms with Gasteiger partial charge in [0.05, 0.1) is 17.0 Å². The first-order valence-electron chi connectivity index (χ1n) is 9.38. The highest BCUT2D eigenvalue weighted by molar-refractivity contribution is 6.30. The van der Waals surface area contributed by atoms with Gasteiger partial charge in [0.15, 0.2) is 0 Å². The molecule has 0 bridgehead atoms. The van der Waals surface area contributed by atoms with Crippen LogP contribution in [-0.2, 0) is 6.54 Å². The summed E-state index contributed by atoms with van der Waals surface area (Å²) in [5.74, 6) is 1.96. The number of benzene rings is 1. The highest BCUT2D eigenvalue weighted by Crippen LogP contribution is 2.33. The highest BCUT2D eigenvalue weighted by Gasteiger charge is 2.22. The number of hydrogen-bond acceptors (Lipinski definition) is 7. The van der Waals surface area contributed by atoms with Gasteiger partial charge in [-0.05, 0) is 43.2 Å². The maximum Gasteiger partial charge on any atom is 0.281 e. The number of hydrogen-bond donors (Lipinski definition) is 1. The molecule has 4 rings (SSSR count). The normalized spacial score (nSPS) is 14.9. The molecule has 1 aliphatic heterocycles. The van der Waals surface area contributed by atoms with Gasteiger partial charge in [0, 0.05) is 42.6 Å². The van der Waals surface area contributed by atoms with E-state index in [-0.39, 0.29) is 5.69 Å². The summed E-state index contributed by atoms with van der Waals surface area (Å²) in [6.45, 7) is 2.35. The standard InChI is InChI=1S/C20H20ClN5O3/c21-14-2-4-17(18(12-14)26(27)28)19-5-3-16(29-19)13-24-15-6-10-25(11-7-15)20-22-8-1-9-23-20/h1-5,8-9,12,15,24H,6-7,10-11,13H2. The van der Waals surface area contributed by atoms with E-state index in [1.54, 1.807) is 30.6 Å². The van der Waals surface area contributed by atoms with Crippen LogP contribution in [0.15, 0.2) is 53.2 Å². The summed E-state index contributed by atoms with van der Waals surface area (Å²) in [6.07, 6.45) is 5.47. The van der Waals surface area contributed by atoms with Crippen molar-refractivity contribution in [3.05, 3.63) is 69.7 Å². The average Bonchev–Trinajstić information content (AvgIpc) is 3.22. The van der Waals surface area contributed by atoms with Crippen LogP contribution >= 0.6 is 11.6 Å². The van der Waals surface area contributed by atoms with Gasteiger partial charge in [0.25, 0.3) is 5.69 Å². The Labute approximate surface area is 172 Å². The van der Waals surface area contributed by atoms with Gasteiger partial charge in [-0.15, -0.1) is 0 Å². The van der Waals surface area contributed by atoms with Crippen molar-refractivity contribution in [2.75, 3.05) is 18.0 Å². The van der Waals surface area contributed by atoms with E-state index in [0.717, 1.165) is 37.6 Å². The molecule has 3 heterocycles. The fourth-order valence-corrected chi connectivity index (χ4v) is 3.63. The second-order valence-electron chi connectivity index (χ2n) is 6.88. The molecule has 0 atom stereocenters. The van der Waals surface area contributed by atoms with Crippen molar-refractivity contribution in [3.63, 3.8) is 0 Å². The lowest BCUT2D eigenvalue weighted by molar-refractivity contribution is -0.384. The molecule has 1 N–H and O–H groups in total. The van der Waals surface area contributed by atoms with Crippen molar-refractivity contribution in [2.45, 2.75) is 25.4 Å². The van der Waals surface area contributed by atoms with Crippen LogP contribution < -0.4 is 10.2 Å². The summed E-state index contributed by atoms with van der Waals surface area (Å²) in [5.41, 5.74) is 0.351. The van der Waals surface area contributed by atoms with Gasteiger partial charge in [0.1, 0.15) is 11.5 Å². The Morgan fingerprint density at radius 3 is 2.69 bits per heavy atom. The molecule has 1 saturated heterocycles. The molecule has 1 aromatic carbocycles. The van der Waals surface area contributed by atoms with Gasteiger partial charge in [-0.3, -0.25) is 10.1 Å². The van der Waals surface area contributed by atoms with E-state index in [0.29, 0.717) is 28.9 Å². The molecule has 150 valence electrons. The van der Waals surface area contributed by atoms with E-state index in [1.165, 1.54) is 6.07 Å². The molecular formula is C20H20ClN5O3. The number of nitrogens with zero attached hydrogens (tertiary/aromatic N) is 4. The van der Waals surface area contributed by atoms with Gasteiger partial charge in [-0.2, -0.15) is 0 Å². The Kier molecular flexibility index (Phi) is 5.73. The van der Waals surface area contributed by atoms with Crippen LogP contribution in [0, 0.1) is 10.1 Å². The van der Waals surface area contributed by atoms with Crippen molar-refractivity contribution in [3.8, 4) is 11.3 Å². The van der Waals surface area contributed by atoms with Gasteiger partial charge in [0.2, 0.25) is 5.95 Å². The minimum absolute atomic E-state index is 0.0677. The number of nitro groups is 1. The maximum absolute atomic E-state index is 11.3. The molecule has 29 heavy (non-hydrogen) atoms. The van der Waals surface area contributed by atoms with E-state index in [2.05, 4.69) is 20.2 Å². The summed E-state index contributed by atoms with van der Waals surface area (Å²) < 4.78 is 5.84. The van der Waals surface area contributed by atoms with Crippen LogP contribution in [-0.4, -0.2) is 34.0 Å². The third-order valence-electron chi connectivity index (χ3n) is 4.98. The van der Waals surface area contributed by atoms with Crippen molar-refractivity contribution < 1.29 is 9.34 Å². The Hall–Kier alpha value is -2.97. The number of aromatic nitrogens is 2. The zero-order chi connectivity index (χ0) is 20.2. The van der Waals surface area contributed by atoms with Crippen LogP contribution in [0.1, 0.15) is 18.6 Å². The highest BCUT2D eigenvalue weighted by atomic mass is 35.5. The summed E-state index contributed by atoms with van der Waals surface area (Å²) >= 11 is 5.88. The predicted molar refractivity (Wildman–Crippen MR) is 110 cm³/mol. The SMILES string of the molecule is O=[N+]([O-])c1cc(Cl)ccc1-c1ccc(CNC2CCN(c3ncccn3)CC2)o1. The molecule has 1 fully saturated rings. The Morgan fingerprint density at radius 2 is 1.97 bits per heavy atom. The van der Waals surface area contributed by atoms with Gasteiger partial charge in [-0.1, -0.05) is 11.6 Å². The average molecular weight is 414 g/mol. The summed E-state index contributed by atoms with van der Waals surface area (Å²) in [5, 5.41) is 15.1. The van der Waals surface area contributed by atoms with E-state index >= 15 is 0 Å². The van der Waals surface area contributed by atoms with Gasteiger partial charge >= 0.3 is 0 Å². The van der Waals surface area contributed by atoms with Crippen LogP contribution in [0.3, 0.4) is 0 Å². The lowest BCUT2D eigenvalue weighted by atomic mass is 10.1. The molecule has 2 aromatic heterocycles. The summed E-state index contributed by atoms with van der Waals surface area (Å²) in [6, 6.07) is 10.3. The van der Waals surface area contributed by atoms with Crippen LogP contribution in [0.5, 0.6) is 0 Å². The lowest BCUT2D eigenvalue weighted by Crippen LogP contribution is -2.42. The molecule has 9 heteroatoms. The first-order valence-corrected chi connectivity index (χ1v) is 9.76. The maximum atomic E-state index is 11.3. The second kappa shape index (κ2) is 8.59. The third-order valence-corrected chi connectivity index (χ3v) is 5.21. The van der Waals surface area contributed by atoms with Crippen molar-refractivity contribution in [1.82, 2.24) is 15.3 Å². The molecule has 3 aromatic rings. The molecule has 0 amide bonds. The molecule has 8 nitrogen and oxygen atoms in total. The van der Waals surface area contributed by atoms with Crippen molar-refractivity contribution in [2.24, 2.45) is 0 Å². The number of rotatable bonds is 6. The molecule has 0 saturated carbocycles. The van der Waals surface area contributed by atoms with Crippen molar-refractivity contribution >= 4 is 23.2 Å². The molecule has 0 radical (unpaired) electrons. The molecular weight excluding hydrogens is 394 g/mol.